The van der Waals surface area contributed by atoms with Crippen LogP contribution in [0.5, 0.6) is 0 Å². The van der Waals surface area contributed by atoms with Crippen LogP contribution in [0.2, 0.25) is 50.9 Å². The van der Waals surface area contributed by atoms with Gasteiger partial charge in [-0.05, 0) is 137 Å². The number of amides is 2. The van der Waals surface area contributed by atoms with Crippen molar-refractivity contribution < 1.29 is 28.0 Å². The molecule has 2 unspecified atom stereocenters. The van der Waals surface area contributed by atoms with Crippen molar-refractivity contribution in [2.75, 3.05) is 26.2 Å². The van der Waals surface area contributed by atoms with Crippen molar-refractivity contribution in [2.45, 2.75) is 233 Å². The van der Waals surface area contributed by atoms with Crippen LogP contribution in [0.3, 0.4) is 0 Å². The Bertz CT molecular complexity index is 1370. The molecule has 4 N–H and O–H groups in total. The number of carbonyl (C=O) groups is 4. The van der Waals surface area contributed by atoms with Crippen molar-refractivity contribution in [1.82, 2.24) is 21.3 Å². The van der Waals surface area contributed by atoms with Gasteiger partial charge in [-0.25, -0.2) is 0 Å². The Morgan fingerprint density at radius 1 is 0.644 bits per heavy atom. The molecule has 10 nitrogen and oxygen atoms in total. The van der Waals surface area contributed by atoms with Gasteiger partial charge in [-0.3, -0.25) is 19.2 Å². The van der Waals surface area contributed by atoms with E-state index in [0.717, 1.165) is 44.3 Å². The Morgan fingerprint density at radius 2 is 1.15 bits per heavy atom. The predicted molar refractivity (Wildman–Crippen MR) is 256 cm³/mol. The lowest BCUT2D eigenvalue weighted by Crippen LogP contribution is -2.73. The van der Waals surface area contributed by atoms with E-state index in [4.69, 9.17) is 8.85 Å². The summed E-state index contributed by atoms with van der Waals surface area (Å²) in [6.45, 7) is 41.6. The first-order valence-electron chi connectivity index (χ1n) is 23.7. The summed E-state index contributed by atoms with van der Waals surface area (Å²) in [5.74, 6) is -1.89. The average Bonchev–Trinajstić information content (AvgIpc) is 3.20. The Kier molecular flexibility index (Phi) is 21.2. The summed E-state index contributed by atoms with van der Waals surface area (Å²) in [5, 5.41) is 12.8. The van der Waals surface area contributed by atoms with Crippen molar-refractivity contribution >= 4 is 48.1 Å². The standard InChI is InChI=1S/C46H94N4O6Si3/c1-19-42(11,20-2)37(51)39(53)48-32-33-50-46(25-7,26-8)45(23-5,24-6)38(52)40(54)47-30-27-35-58(16,17)56-44(13)29-36-59(44,18)55-41(9,10)57(14,15)34-28-31-49-43(12,21-3)22-4/h49-50H,19-36H2,1-18H3,(H,47,54)(H,48,53). The second-order valence-corrected chi connectivity index (χ2v) is 34.6. The fraction of sp³-hybridized carbons (Fsp3) is 0.913. The van der Waals surface area contributed by atoms with Crippen LogP contribution in [0.1, 0.15) is 161 Å². The number of carbonyl (C=O) groups excluding carboxylic acids is 4. The first kappa shape index (κ1) is 55.8. The maximum absolute atomic E-state index is 14.2. The van der Waals surface area contributed by atoms with E-state index in [-0.39, 0.29) is 28.3 Å². The minimum Gasteiger partial charge on any atom is -0.412 e. The molecule has 0 aliphatic carbocycles. The number of rotatable bonds is 31. The second-order valence-electron chi connectivity index (χ2n) is 20.7. The minimum atomic E-state index is -2.19. The predicted octanol–water partition coefficient (Wildman–Crippen LogP) is 9.63. The van der Waals surface area contributed by atoms with E-state index in [1.807, 2.05) is 48.5 Å². The molecule has 0 aromatic rings. The molecule has 13 heteroatoms. The van der Waals surface area contributed by atoms with Crippen LogP contribution < -0.4 is 21.3 Å². The molecule has 0 saturated carbocycles. The van der Waals surface area contributed by atoms with Gasteiger partial charge >= 0.3 is 0 Å². The summed E-state index contributed by atoms with van der Waals surface area (Å²) in [6, 6.07) is 3.21. The summed E-state index contributed by atoms with van der Waals surface area (Å²) in [7, 11) is -6.08. The van der Waals surface area contributed by atoms with Crippen LogP contribution in [0, 0.1) is 10.8 Å². The topological polar surface area (TPSA) is 135 Å². The van der Waals surface area contributed by atoms with E-state index >= 15 is 0 Å². The van der Waals surface area contributed by atoms with Crippen LogP contribution >= 0.6 is 0 Å². The fourth-order valence-electron chi connectivity index (χ4n) is 9.46. The maximum atomic E-state index is 14.2. The first-order valence-corrected chi connectivity index (χ1v) is 32.6. The molecule has 2 atom stereocenters. The van der Waals surface area contributed by atoms with E-state index in [1.165, 1.54) is 12.5 Å². The van der Waals surface area contributed by atoms with E-state index in [9.17, 15) is 19.2 Å². The van der Waals surface area contributed by atoms with Crippen LogP contribution in [0.25, 0.3) is 0 Å². The highest BCUT2D eigenvalue weighted by Gasteiger charge is 2.62. The highest BCUT2D eigenvalue weighted by molar-refractivity contribution is 6.84. The number of nitrogens with one attached hydrogen (secondary N) is 4. The second kappa shape index (κ2) is 22.4. The quantitative estimate of drug-likeness (QED) is 0.0307. The summed E-state index contributed by atoms with van der Waals surface area (Å²) in [4.78, 5) is 53.5. The normalized spacial score (nSPS) is 19.6. The fourth-order valence-corrected chi connectivity index (χ4v) is 20.1. The maximum Gasteiger partial charge on any atom is 0.288 e. The van der Waals surface area contributed by atoms with Gasteiger partial charge in [0.05, 0.1) is 18.7 Å². The van der Waals surface area contributed by atoms with Crippen molar-refractivity contribution in [3.8, 4) is 0 Å². The average molecular weight is 884 g/mol. The molecule has 346 valence electrons. The highest BCUT2D eigenvalue weighted by Crippen LogP contribution is 2.50. The first-order chi connectivity index (χ1) is 27.1. The largest absolute Gasteiger partial charge is 0.412 e. The van der Waals surface area contributed by atoms with Crippen LogP contribution in [-0.2, 0) is 28.0 Å². The number of hydrogen-bond donors (Lipinski definition) is 4. The monoisotopic (exact) mass is 883 g/mol. The molecule has 1 aliphatic heterocycles. The zero-order valence-electron chi connectivity index (χ0n) is 41.7. The Morgan fingerprint density at radius 3 is 1.61 bits per heavy atom. The van der Waals surface area contributed by atoms with Gasteiger partial charge in [0.15, 0.2) is 8.32 Å². The molecule has 2 amide bonds. The van der Waals surface area contributed by atoms with Gasteiger partial charge in [0.2, 0.25) is 19.9 Å². The van der Waals surface area contributed by atoms with Crippen molar-refractivity contribution in [1.29, 1.82) is 0 Å². The van der Waals surface area contributed by atoms with Crippen molar-refractivity contribution in [2.24, 2.45) is 10.8 Å². The van der Waals surface area contributed by atoms with E-state index in [1.54, 1.807) is 0 Å². The molecule has 0 aromatic carbocycles. The lowest BCUT2D eigenvalue weighted by atomic mass is 9.60. The number of Topliss-reactive ketones (excluding diaryl/α,β-unsaturated/α-hetero) is 2. The molecule has 1 saturated heterocycles. The molecule has 1 aliphatic rings. The lowest BCUT2D eigenvalue weighted by Gasteiger charge is -2.59. The van der Waals surface area contributed by atoms with E-state index in [2.05, 4.69) is 95.5 Å². The lowest BCUT2D eigenvalue weighted by molar-refractivity contribution is -0.148. The van der Waals surface area contributed by atoms with Crippen LogP contribution in [0.15, 0.2) is 0 Å². The molecule has 0 aromatic heterocycles. The van der Waals surface area contributed by atoms with Gasteiger partial charge in [0.1, 0.15) is 0 Å². The van der Waals surface area contributed by atoms with Crippen LogP contribution in [-0.4, -0.2) is 95.8 Å². The highest BCUT2D eigenvalue weighted by atomic mass is 28.4. The molecule has 1 heterocycles. The summed E-state index contributed by atoms with van der Waals surface area (Å²) in [6.07, 6.45) is 8.68. The van der Waals surface area contributed by atoms with Gasteiger partial charge in [0.25, 0.3) is 11.8 Å². The molecular weight excluding hydrogens is 789 g/mol. The number of ketones is 2. The Balaban J connectivity index is 2.90. The van der Waals surface area contributed by atoms with Gasteiger partial charge in [0, 0.05) is 41.4 Å². The molecule has 0 bridgehead atoms. The molecule has 1 rings (SSSR count). The third kappa shape index (κ3) is 13.2. The molecular formula is C46H94N4O6Si3. The van der Waals surface area contributed by atoms with Crippen LogP contribution in [0.4, 0.5) is 0 Å². The smallest absolute Gasteiger partial charge is 0.288 e. The molecule has 0 radical (unpaired) electrons. The van der Waals surface area contributed by atoms with Crippen molar-refractivity contribution in [3.05, 3.63) is 0 Å². The molecule has 59 heavy (non-hydrogen) atoms. The SMILES string of the molecule is CCC(C)(CC)NCCC[Si](C)(C)C(C)(C)O[Si]1(C)CCC1(C)O[Si](C)(C)CCCNC(=O)C(=O)C(CC)(CC)C(CC)(CC)NCCNC(=O)C(=O)C(C)(CC)CC. The Labute approximate surface area is 366 Å². The summed E-state index contributed by atoms with van der Waals surface area (Å²) < 4.78 is 14.5. The third-order valence-electron chi connectivity index (χ3n) is 16.3. The van der Waals surface area contributed by atoms with E-state index < -0.39 is 58.7 Å². The zero-order valence-corrected chi connectivity index (χ0v) is 44.7. The van der Waals surface area contributed by atoms with Gasteiger partial charge in [-0.1, -0.05) is 81.5 Å². The van der Waals surface area contributed by atoms with Gasteiger partial charge < -0.3 is 30.1 Å². The number of hydrogen-bond acceptors (Lipinski definition) is 8. The molecule has 0 spiro atoms. The summed E-state index contributed by atoms with van der Waals surface area (Å²) >= 11 is 0. The molecule has 1 fully saturated rings. The summed E-state index contributed by atoms with van der Waals surface area (Å²) in [5.41, 5.74) is -2.05. The van der Waals surface area contributed by atoms with Gasteiger partial charge in [-0.2, -0.15) is 0 Å². The third-order valence-corrected chi connectivity index (χ3v) is 29.0. The van der Waals surface area contributed by atoms with Gasteiger partial charge in [-0.15, -0.1) is 0 Å². The minimum absolute atomic E-state index is 0.156. The zero-order chi connectivity index (χ0) is 45.8. The van der Waals surface area contributed by atoms with Crippen molar-refractivity contribution in [3.63, 3.8) is 0 Å². The Hall–Kier alpha value is -1.23. The van der Waals surface area contributed by atoms with E-state index in [0.29, 0.717) is 51.6 Å².